The summed E-state index contributed by atoms with van der Waals surface area (Å²) in [6.07, 6.45) is 0.212. The standard InChI is InChI=1S/C16H17O/c1-12(2)17-16-9-7-14(8-10-16)15-6-4-5-13(3)11-15/h4-12H,3H2,1-2H3. The Bertz CT molecular complexity index is 483. The van der Waals surface area contributed by atoms with Crippen molar-refractivity contribution in [3.05, 3.63) is 61.0 Å². The maximum atomic E-state index is 5.62. The summed E-state index contributed by atoms with van der Waals surface area (Å²) < 4.78 is 5.62. The normalized spacial score (nSPS) is 10.6. The van der Waals surface area contributed by atoms with E-state index >= 15 is 0 Å². The minimum Gasteiger partial charge on any atom is -0.491 e. The molecule has 0 heterocycles. The first-order valence-electron chi connectivity index (χ1n) is 5.84. The summed E-state index contributed by atoms with van der Waals surface area (Å²) in [6.45, 7) is 7.99. The zero-order valence-electron chi connectivity index (χ0n) is 10.3. The van der Waals surface area contributed by atoms with Gasteiger partial charge in [-0.05, 0) is 49.6 Å². The molecule has 0 N–H and O–H groups in total. The molecular weight excluding hydrogens is 208 g/mol. The highest BCUT2D eigenvalue weighted by Gasteiger charge is 2.00. The van der Waals surface area contributed by atoms with Gasteiger partial charge in [0.1, 0.15) is 5.75 Å². The van der Waals surface area contributed by atoms with Crippen molar-refractivity contribution >= 4 is 0 Å². The maximum absolute atomic E-state index is 5.62. The number of ether oxygens (including phenoxy) is 1. The van der Waals surface area contributed by atoms with Gasteiger partial charge < -0.3 is 4.74 Å². The molecule has 1 radical (unpaired) electrons. The van der Waals surface area contributed by atoms with E-state index in [2.05, 4.69) is 31.2 Å². The van der Waals surface area contributed by atoms with Gasteiger partial charge in [-0.25, -0.2) is 0 Å². The summed E-state index contributed by atoms with van der Waals surface area (Å²) in [5.74, 6) is 0.912. The van der Waals surface area contributed by atoms with Crippen molar-refractivity contribution in [1.29, 1.82) is 0 Å². The van der Waals surface area contributed by atoms with Gasteiger partial charge in [0, 0.05) is 0 Å². The molecule has 0 amide bonds. The van der Waals surface area contributed by atoms with Crippen LogP contribution in [0.5, 0.6) is 5.75 Å². The molecule has 0 fully saturated rings. The fourth-order valence-electron chi connectivity index (χ4n) is 1.75. The van der Waals surface area contributed by atoms with Crippen molar-refractivity contribution in [3.8, 4) is 16.9 Å². The van der Waals surface area contributed by atoms with Crippen LogP contribution in [-0.4, -0.2) is 6.10 Å². The second-order valence-electron chi connectivity index (χ2n) is 4.39. The molecule has 0 saturated carbocycles. The van der Waals surface area contributed by atoms with E-state index in [-0.39, 0.29) is 6.10 Å². The van der Waals surface area contributed by atoms with Crippen LogP contribution in [-0.2, 0) is 0 Å². The second kappa shape index (κ2) is 5.05. The molecule has 0 bridgehead atoms. The molecule has 2 aromatic rings. The molecule has 17 heavy (non-hydrogen) atoms. The van der Waals surface area contributed by atoms with Gasteiger partial charge in [-0.3, -0.25) is 0 Å². The lowest BCUT2D eigenvalue weighted by atomic mass is 10.0. The molecule has 2 rings (SSSR count). The van der Waals surface area contributed by atoms with Crippen LogP contribution in [0.2, 0.25) is 0 Å². The lowest BCUT2D eigenvalue weighted by molar-refractivity contribution is 0.242. The molecule has 0 unspecified atom stereocenters. The highest BCUT2D eigenvalue weighted by molar-refractivity contribution is 5.65. The molecule has 87 valence electrons. The van der Waals surface area contributed by atoms with Crippen LogP contribution in [0.4, 0.5) is 0 Å². The predicted molar refractivity (Wildman–Crippen MR) is 72.1 cm³/mol. The van der Waals surface area contributed by atoms with E-state index in [1.165, 1.54) is 11.1 Å². The first kappa shape index (κ1) is 11.7. The van der Waals surface area contributed by atoms with Crippen LogP contribution in [0.1, 0.15) is 19.4 Å². The Morgan fingerprint density at radius 2 is 1.65 bits per heavy atom. The van der Waals surface area contributed by atoms with Gasteiger partial charge in [0.2, 0.25) is 0 Å². The topological polar surface area (TPSA) is 9.23 Å². The third-order valence-electron chi connectivity index (χ3n) is 2.49. The highest BCUT2D eigenvalue weighted by atomic mass is 16.5. The lowest BCUT2D eigenvalue weighted by Crippen LogP contribution is -2.05. The molecule has 0 aliphatic carbocycles. The number of hydrogen-bond donors (Lipinski definition) is 0. The van der Waals surface area contributed by atoms with Crippen molar-refractivity contribution in [2.75, 3.05) is 0 Å². The fourth-order valence-corrected chi connectivity index (χ4v) is 1.75. The highest BCUT2D eigenvalue weighted by Crippen LogP contribution is 2.23. The van der Waals surface area contributed by atoms with Gasteiger partial charge in [0.25, 0.3) is 0 Å². The number of benzene rings is 2. The molecule has 0 aliphatic heterocycles. The van der Waals surface area contributed by atoms with Crippen molar-refractivity contribution in [3.63, 3.8) is 0 Å². The van der Waals surface area contributed by atoms with Crippen molar-refractivity contribution in [2.24, 2.45) is 0 Å². The molecule has 0 spiro atoms. The quantitative estimate of drug-likeness (QED) is 0.755. The van der Waals surface area contributed by atoms with E-state index in [9.17, 15) is 0 Å². The molecule has 0 atom stereocenters. The van der Waals surface area contributed by atoms with Gasteiger partial charge in [-0.2, -0.15) is 0 Å². The van der Waals surface area contributed by atoms with Gasteiger partial charge in [-0.1, -0.05) is 36.4 Å². The third-order valence-corrected chi connectivity index (χ3v) is 2.49. The summed E-state index contributed by atoms with van der Waals surface area (Å²) in [6, 6.07) is 16.4. The zero-order chi connectivity index (χ0) is 12.3. The Balaban J connectivity index is 2.23. The number of hydrogen-bond acceptors (Lipinski definition) is 1. The van der Waals surface area contributed by atoms with E-state index in [1.807, 2.05) is 38.1 Å². The van der Waals surface area contributed by atoms with Crippen LogP contribution < -0.4 is 4.74 Å². The largest absolute Gasteiger partial charge is 0.491 e. The lowest BCUT2D eigenvalue weighted by Gasteiger charge is -2.10. The van der Waals surface area contributed by atoms with Crippen LogP contribution in [0.15, 0.2) is 48.5 Å². The average Bonchev–Trinajstić information content (AvgIpc) is 2.29. The Morgan fingerprint density at radius 3 is 2.24 bits per heavy atom. The van der Waals surface area contributed by atoms with Crippen LogP contribution in [0.25, 0.3) is 11.1 Å². The van der Waals surface area contributed by atoms with E-state index in [1.54, 1.807) is 0 Å². The molecule has 0 aromatic heterocycles. The molecule has 0 aliphatic rings. The molecule has 2 aromatic carbocycles. The van der Waals surface area contributed by atoms with Gasteiger partial charge in [-0.15, -0.1) is 0 Å². The first-order chi connectivity index (χ1) is 8.15. The Kier molecular flexibility index (Phi) is 3.48. The van der Waals surface area contributed by atoms with Gasteiger partial charge in [0.05, 0.1) is 6.10 Å². The monoisotopic (exact) mass is 225 g/mol. The SMILES string of the molecule is [CH2]c1cccc(-c2ccc(OC(C)C)cc2)c1. The Morgan fingerprint density at radius 1 is 0.941 bits per heavy atom. The van der Waals surface area contributed by atoms with Gasteiger partial charge in [0.15, 0.2) is 0 Å². The summed E-state index contributed by atoms with van der Waals surface area (Å²) in [5.41, 5.74) is 3.41. The van der Waals surface area contributed by atoms with E-state index < -0.39 is 0 Å². The van der Waals surface area contributed by atoms with Crippen molar-refractivity contribution in [1.82, 2.24) is 0 Å². The minimum atomic E-state index is 0.212. The van der Waals surface area contributed by atoms with E-state index in [0.29, 0.717) is 0 Å². The molecule has 0 saturated heterocycles. The fraction of sp³-hybridized carbons (Fsp3) is 0.188. The Labute approximate surface area is 103 Å². The van der Waals surface area contributed by atoms with E-state index in [0.717, 1.165) is 11.3 Å². The second-order valence-corrected chi connectivity index (χ2v) is 4.39. The Hall–Kier alpha value is -1.76. The molecule has 1 heteroatoms. The van der Waals surface area contributed by atoms with Gasteiger partial charge >= 0.3 is 0 Å². The van der Waals surface area contributed by atoms with E-state index in [4.69, 9.17) is 4.74 Å². The molecule has 1 nitrogen and oxygen atoms in total. The van der Waals surface area contributed by atoms with Crippen molar-refractivity contribution in [2.45, 2.75) is 20.0 Å². The summed E-state index contributed by atoms with van der Waals surface area (Å²) in [5, 5.41) is 0. The number of rotatable bonds is 3. The summed E-state index contributed by atoms with van der Waals surface area (Å²) in [7, 11) is 0. The average molecular weight is 225 g/mol. The molecular formula is C16H17O. The maximum Gasteiger partial charge on any atom is 0.119 e. The first-order valence-corrected chi connectivity index (χ1v) is 5.84. The summed E-state index contributed by atoms with van der Waals surface area (Å²) in [4.78, 5) is 0. The van der Waals surface area contributed by atoms with Crippen LogP contribution in [0, 0.1) is 6.92 Å². The zero-order valence-corrected chi connectivity index (χ0v) is 10.3. The summed E-state index contributed by atoms with van der Waals surface area (Å²) >= 11 is 0. The van der Waals surface area contributed by atoms with Crippen LogP contribution >= 0.6 is 0 Å². The van der Waals surface area contributed by atoms with Crippen LogP contribution in [0.3, 0.4) is 0 Å². The third kappa shape index (κ3) is 3.10. The smallest absolute Gasteiger partial charge is 0.119 e. The minimum absolute atomic E-state index is 0.212. The van der Waals surface area contributed by atoms with Crippen molar-refractivity contribution < 1.29 is 4.74 Å². The predicted octanol–water partition coefficient (Wildman–Crippen LogP) is 4.32.